The molecule has 0 amide bonds. The number of nitrogens with zero attached hydrogens (tertiary/aromatic N) is 1. The van der Waals surface area contributed by atoms with Crippen molar-refractivity contribution < 1.29 is 0 Å². The SMILES string of the molecule is C=CCN(CC)C(C)CC. The van der Waals surface area contributed by atoms with E-state index in [1.807, 2.05) is 6.08 Å². The Morgan fingerprint density at radius 3 is 2.40 bits per heavy atom. The molecule has 0 aromatic heterocycles. The van der Waals surface area contributed by atoms with E-state index in [1.165, 1.54) is 6.42 Å². The Bertz CT molecular complexity index is 88.7. The number of likely N-dealkylation sites (N-methyl/N-ethyl adjacent to an activating group) is 1. The first kappa shape index (κ1) is 9.70. The van der Waals surface area contributed by atoms with Gasteiger partial charge in [0.15, 0.2) is 0 Å². The molecular formula is C9H19N. The summed E-state index contributed by atoms with van der Waals surface area (Å²) in [6.07, 6.45) is 3.19. The van der Waals surface area contributed by atoms with Crippen molar-refractivity contribution in [3.05, 3.63) is 12.7 Å². The molecule has 0 saturated carbocycles. The number of hydrogen-bond donors (Lipinski definition) is 0. The Kier molecular flexibility index (Phi) is 5.32. The van der Waals surface area contributed by atoms with Crippen molar-refractivity contribution in [2.24, 2.45) is 0 Å². The average Bonchev–Trinajstić information content (AvgIpc) is 1.99. The summed E-state index contributed by atoms with van der Waals surface area (Å²) >= 11 is 0. The largest absolute Gasteiger partial charge is 0.297 e. The van der Waals surface area contributed by atoms with Gasteiger partial charge in [0.2, 0.25) is 0 Å². The maximum absolute atomic E-state index is 3.72. The Balaban J connectivity index is 3.67. The summed E-state index contributed by atoms with van der Waals surface area (Å²) in [5.74, 6) is 0. The van der Waals surface area contributed by atoms with Crippen molar-refractivity contribution in [1.82, 2.24) is 4.90 Å². The lowest BCUT2D eigenvalue weighted by molar-refractivity contribution is 0.238. The Morgan fingerprint density at radius 1 is 1.50 bits per heavy atom. The zero-order valence-electron chi connectivity index (χ0n) is 7.43. The van der Waals surface area contributed by atoms with Gasteiger partial charge in [-0.1, -0.05) is 19.9 Å². The molecule has 1 atom stereocenters. The summed E-state index contributed by atoms with van der Waals surface area (Å²) in [7, 11) is 0. The summed E-state index contributed by atoms with van der Waals surface area (Å²) in [5.41, 5.74) is 0. The minimum Gasteiger partial charge on any atom is -0.297 e. The van der Waals surface area contributed by atoms with Crippen molar-refractivity contribution in [2.75, 3.05) is 13.1 Å². The summed E-state index contributed by atoms with van der Waals surface area (Å²) < 4.78 is 0. The lowest BCUT2D eigenvalue weighted by Crippen LogP contribution is -2.32. The van der Waals surface area contributed by atoms with E-state index in [4.69, 9.17) is 0 Å². The third-order valence-electron chi connectivity index (χ3n) is 1.98. The molecule has 10 heavy (non-hydrogen) atoms. The second-order valence-electron chi connectivity index (χ2n) is 2.63. The smallest absolute Gasteiger partial charge is 0.0163 e. The molecule has 0 fully saturated rings. The van der Waals surface area contributed by atoms with Crippen molar-refractivity contribution >= 4 is 0 Å². The molecule has 0 aromatic carbocycles. The van der Waals surface area contributed by atoms with E-state index in [-0.39, 0.29) is 0 Å². The summed E-state index contributed by atoms with van der Waals surface area (Å²) in [5, 5.41) is 0. The van der Waals surface area contributed by atoms with Gasteiger partial charge in [0, 0.05) is 12.6 Å². The van der Waals surface area contributed by atoms with Gasteiger partial charge in [-0.3, -0.25) is 4.90 Å². The molecule has 1 heteroatoms. The highest BCUT2D eigenvalue weighted by atomic mass is 15.1. The predicted octanol–water partition coefficient (Wildman–Crippen LogP) is 2.29. The minimum absolute atomic E-state index is 0.697. The fourth-order valence-electron chi connectivity index (χ4n) is 1.04. The molecule has 0 bridgehead atoms. The van der Waals surface area contributed by atoms with Gasteiger partial charge in [-0.2, -0.15) is 0 Å². The second-order valence-corrected chi connectivity index (χ2v) is 2.63. The molecule has 0 aromatic rings. The number of rotatable bonds is 5. The zero-order chi connectivity index (χ0) is 7.98. The van der Waals surface area contributed by atoms with Gasteiger partial charge < -0.3 is 0 Å². The quantitative estimate of drug-likeness (QED) is 0.531. The maximum Gasteiger partial charge on any atom is 0.0163 e. The van der Waals surface area contributed by atoms with Gasteiger partial charge in [0.1, 0.15) is 0 Å². The molecule has 0 aliphatic rings. The van der Waals surface area contributed by atoms with Crippen molar-refractivity contribution in [3.8, 4) is 0 Å². The van der Waals surface area contributed by atoms with Gasteiger partial charge in [0.05, 0.1) is 0 Å². The van der Waals surface area contributed by atoms with Crippen LogP contribution in [0.1, 0.15) is 27.2 Å². The van der Waals surface area contributed by atoms with Crippen LogP contribution in [0.3, 0.4) is 0 Å². The lowest BCUT2D eigenvalue weighted by atomic mass is 10.2. The van der Waals surface area contributed by atoms with Gasteiger partial charge in [-0.05, 0) is 19.9 Å². The highest BCUT2D eigenvalue weighted by molar-refractivity contribution is 4.75. The Labute approximate surface area is 64.7 Å². The van der Waals surface area contributed by atoms with Gasteiger partial charge >= 0.3 is 0 Å². The van der Waals surface area contributed by atoms with Gasteiger partial charge in [0.25, 0.3) is 0 Å². The van der Waals surface area contributed by atoms with Gasteiger partial charge in [-0.25, -0.2) is 0 Å². The van der Waals surface area contributed by atoms with E-state index in [2.05, 4.69) is 32.3 Å². The Morgan fingerprint density at radius 2 is 2.10 bits per heavy atom. The normalized spacial score (nSPS) is 13.6. The summed E-state index contributed by atoms with van der Waals surface area (Å²) in [4.78, 5) is 2.41. The summed E-state index contributed by atoms with van der Waals surface area (Å²) in [6, 6.07) is 0.697. The second kappa shape index (κ2) is 5.48. The van der Waals surface area contributed by atoms with Crippen molar-refractivity contribution in [3.63, 3.8) is 0 Å². The van der Waals surface area contributed by atoms with Crippen LogP contribution in [-0.4, -0.2) is 24.0 Å². The highest BCUT2D eigenvalue weighted by Crippen LogP contribution is 2.01. The first-order valence-corrected chi connectivity index (χ1v) is 4.11. The molecule has 0 N–H and O–H groups in total. The molecule has 0 heterocycles. The molecule has 1 nitrogen and oxygen atoms in total. The van der Waals surface area contributed by atoms with Crippen LogP contribution in [0.5, 0.6) is 0 Å². The molecular weight excluding hydrogens is 122 g/mol. The van der Waals surface area contributed by atoms with Gasteiger partial charge in [-0.15, -0.1) is 6.58 Å². The Hall–Kier alpha value is -0.300. The molecule has 60 valence electrons. The van der Waals surface area contributed by atoms with Crippen LogP contribution in [0, 0.1) is 0 Å². The van der Waals surface area contributed by atoms with Crippen LogP contribution in [0.25, 0.3) is 0 Å². The van der Waals surface area contributed by atoms with Crippen LogP contribution in [-0.2, 0) is 0 Å². The zero-order valence-corrected chi connectivity index (χ0v) is 7.43. The minimum atomic E-state index is 0.697. The van der Waals surface area contributed by atoms with Crippen molar-refractivity contribution in [1.29, 1.82) is 0 Å². The molecule has 0 saturated heterocycles. The van der Waals surface area contributed by atoms with E-state index in [1.54, 1.807) is 0 Å². The first-order valence-electron chi connectivity index (χ1n) is 4.11. The fraction of sp³-hybridized carbons (Fsp3) is 0.778. The van der Waals surface area contributed by atoms with E-state index in [0.29, 0.717) is 6.04 Å². The first-order chi connectivity index (χ1) is 4.76. The third kappa shape index (κ3) is 3.02. The highest BCUT2D eigenvalue weighted by Gasteiger charge is 2.06. The fourth-order valence-corrected chi connectivity index (χ4v) is 1.04. The van der Waals surface area contributed by atoms with Crippen LogP contribution >= 0.6 is 0 Å². The molecule has 0 aliphatic heterocycles. The van der Waals surface area contributed by atoms with Crippen molar-refractivity contribution in [2.45, 2.75) is 33.2 Å². The van der Waals surface area contributed by atoms with E-state index in [0.717, 1.165) is 13.1 Å². The van der Waals surface area contributed by atoms with E-state index in [9.17, 15) is 0 Å². The van der Waals surface area contributed by atoms with E-state index < -0.39 is 0 Å². The molecule has 0 rings (SSSR count). The van der Waals surface area contributed by atoms with Crippen LogP contribution in [0.15, 0.2) is 12.7 Å². The molecule has 0 aliphatic carbocycles. The van der Waals surface area contributed by atoms with Crippen LogP contribution in [0.2, 0.25) is 0 Å². The summed E-state index contributed by atoms with van der Waals surface area (Å²) in [6.45, 7) is 12.5. The maximum atomic E-state index is 3.72. The topological polar surface area (TPSA) is 3.24 Å². The standard InChI is InChI=1S/C9H19N/c1-5-8-10(7-3)9(4)6-2/h5,9H,1,6-8H2,2-4H3. The van der Waals surface area contributed by atoms with Crippen LogP contribution < -0.4 is 0 Å². The van der Waals surface area contributed by atoms with Crippen LogP contribution in [0.4, 0.5) is 0 Å². The lowest BCUT2D eigenvalue weighted by Gasteiger charge is -2.24. The third-order valence-corrected chi connectivity index (χ3v) is 1.98. The van der Waals surface area contributed by atoms with E-state index >= 15 is 0 Å². The molecule has 0 radical (unpaired) electrons. The average molecular weight is 141 g/mol. The molecule has 0 spiro atoms. The predicted molar refractivity (Wildman–Crippen MR) is 47.2 cm³/mol. The molecule has 1 unspecified atom stereocenters. The number of hydrogen-bond acceptors (Lipinski definition) is 1. The monoisotopic (exact) mass is 141 g/mol.